The highest BCUT2D eigenvalue weighted by Crippen LogP contribution is 2.29. The van der Waals surface area contributed by atoms with Gasteiger partial charge in [-0.2, -0.15) is 0 Å². The van der Waals surface area contributed by atoms with E-state index in [0.717, 1.165) is 38.3 Å². The zero-order chi connectivity index (χ0) is 18.5. The molecule has 1 aliphatic heterocycles. The second-order valence-electron chi connectivity index (χ2n) is 7.91. The number of anilines is 1. The van der Waals surface area contributed by atoms with E-state index in [1.807, 2.05) is 12.1 Å². The van der Waals surface area contributed by atoms with Crippen molar-refractivity contribution in [1.82, 2.24) is 10.2 Å². The lowest BCUT2D eigenvalue weighted by Crippen LogP contribution is -2.52. The molecule has 0 bridgehead atoms. The second kappa shape index (κ2) is 8.76. The van der Waals surface area contributed by atoms with Crippen LogP contribution in [0.4, 0.5) is 5.69 Å². The van der Waals surface area contributed by atoms with Crippen LogP contribution in [0.15, 0.2) is 24.3 Å². The van der Waals surface area contributed by atoms with Gasteiger partial charge in [-0.3, -0.25) is 9.69 Å². The minimum absolute atomic E-state index is 0.186. The third-order valence-corrected chi connectivity index (χ3v) is 6.21. The minimum Gasteiger partial charge on any atom is -0.497 e. The van der Waals surface area contributed by atoms with E-state index in [2.05, 4.69) is 41.1 Å². The molecule has 1 N–H and O–H groups in total. The SMILES string of the molecule is COc1cccc(N2CCN(CC(=O)NC3CCCC(C)C3C)CC2)c1. The molecule has 5 nitrogen and oxygen atoms in total. The molecule has 2 fully saturated rings. The Bertz CT molecular complexity index is 599. The summed E-state index contributed by atoms with van der Waals surface area (Å²) >= 11 is 0. The highest BCUT2D eigenvalue weighted by atomic mass is 16.5. The van der Waals surface area contributed by atoms with Gasteiger partial charge in [0, 0.05) is 44.0 Å². The Morgan fingerprint density at radius 3 is 2.69 bits per heavy atom. The molecule has 0 aromatic heterocycles. The predicted molar refractivity (Wildman–Crippen MR) is 106 cm³/mol. The first-order valence-electron chi connectivity index (χ1n) is 9.97. The molecule has 1 aliphatic carbocycles. The monoisotopic (exact) mass is 359 g/mol. The number of nitrogens with zero attached hydrogens (tertiary/aromatic N) is 2. The maximum Gasteiger partial charge on any atom is 0.234 e. The van der Waals surface area contributed by atoms with Gasteiger partial charge in [0.05, 0.1) is 13.7 Å². The molecule has 1 saturated carbocycles. The topological polar surface area (TPSA) is 44.8 Å². The zero-order valence-corrected chi connectivity index (χ0v) is 16.4. The van der Waals surface area contributed by atoms with Crippen molar-refractivity contribution in [3.8, 4) is 5.75 Å². The Hall–Kier alpha value is -1.75. The fourth-order valence-corrected chi connectivity index (χ4v) is 4.21. The third kappa shape index (κ3) is 4.70. The quantitative estimate of drug-likeness (QED) is 0.878. The van der Waals surface area contributed by atoms with E-state index in [0.29, 0.717) is 24.4 Å². The van der Waals surface area contributed by atoms with Gasteiger partial charge in [-0.05, 0) is 30.4 Å². The van der Waals surface area contributed by atoms with Crippen LogP contribution in [-0.2, 0) is 4.79 Å². The molecular weight excluding hydrogens is 326 g/mol. The largest absolute Gasteiger partial charge is 0.497 e. The van der Waals surface area contributed by atoms with Crippen LogP contribution >= 0.6 is 0 Å². The van der Waals surface area contributed by atoms with E-state index < -0.39 is 0 Å². The summed E-state index contributed by atoms with van der Waals surface area (Å²) in [5, 5.41) is 3.29. The van der Waals surface area contributed by atoms with E-state index in [1.54, 1.807) is 7.11 Å². The molecule has 0 radical (unpaired) electrons. The Morgan fingerprint density at radius 1 is 1.19 bits per heavy atom. The number of piperazine rings is 1. The normalized spacial score (nSPS) is 27.2. The number of hydrogen-bond donors (Lipinski definition) is 1. The molecule has 1 saturated heterocycles. The summed E-state index contributed by atoms with van der Waals surface area (Å²) in [6.45, 7) is 8.82. The average Bonchev–Trinajstić information content (AvgIpc) is 2.66. The van der Waals surface area contributed by atoms with Crippen LogP contribution in [-0.4, -0.2) is 56.7 Å². The lowest BCUT2D eigenvalue weighted by atomic mass is 9.78. The smallest absolute Gasteiger partial charge is 0.234 e. The first-order valence-corrected chi connectivity index (χ1v) is 9.97. The summed E-state index contributed by atoms with van der Waals surface area (Å²) in [6.07, 6.45) is 3.65. The van der Waals surface area contributed by atoms with Crippen molar-refractivity contribution in [3.05, 3.63) is 24.3 Å². The van der Waals surface area contributed by atoms with E-state index in [1.165, 1.54) is 18.5 Å². The number of ether oxygens (including phenoxy) is 1. The summed E-state index contributed by atoms with van der Waals surface area (Å²) in [5.41, 5.74) is 1.19. The maximum absolute atomic E-state index is 12.5. The number of amides is 1. The molecule has 144 valence electrons. The molecule has 3 unspecified atom stereocenters. The molecular formula is C21H33N3O2. The predicted octanol–water partition coefficient (Wildman–Crippen LogP) is 2.76. The highest BCUT2D eigenvalue weighted by Gasteiger charge is 2.28. The lowest BCUT2D eigenvalue weighted by molar-refractivity contribution is -0.123. The van der Waals surface area contributed by atoms with Crippen molar-refractivity contribution >= 4 is 11.6 Å². The van der Waals surface area contributed by atoms with Gasteiger partial charge in [0.15, 0.2) is 0 Å². The maximum atomic E-state index is 12.5. The standard InChI is InChI=1S/C21H33N3O2/c1-16-6-4-9-20(17(16)2)22-21(25)15-23-10-12-24(13-11-23)18-7-5-8-19(14-18)26-3/h5,7-8,14,16-17,20H,4,6,9-13,15H2,1-3H3,(H,22,25). The molecule has 1 aromatic carbocycles. The number of nitrogens with one attached hydrogen (secondary N) is 1. The fourth-order valence-electron chi connectivity index (χ4n) is 4.21. The first kappa shape index (κ1) is 19.0. The van der Waals surface area contributed by atoms with Crippen LogP contribution < -0.4 is 15.0 Å². The van der Waals surface area contributed by atoms with Gasteiger partial charge in [0.25, 0.3) is 0 Å². The van der Waals surface area contributed by atoms with Crippen LogP contribution in [0, 0.1) is 11.8 Å². The summed E-state index contributed by atoms with van der Waals surface area (Å²) in [4.78, 5) is 17.1. The van der Waals surface area contributed by atoms with Gasteiger partial charge in [0.1, 0.15) is 5.75 Å². The first-order chi connectivity index (χ1) is 12.6. The van der Waals surface area contributed by atoms with Crippen LogP contribution in [0.2, 0.25) is 0 Å². The molecule has 5 heteroatoms. The van der Waals surface area contributed by atoms with Crippen molar-refractivity contribution in [2.24, 2.45) is 11.8 Å². The Kier molecular flexibility index (Phi) is 6.41. The summed E-state index contributed by atoms with van der Waals surface area (Å²) in [7, 11) is 1.70. The van der Waals surface area contributed by atoms with E-state index >= 15 is 0 Å². The molecule has 1 amide bonds. The molecule has 2 aliphatic rings. The van der Waals surface area contributed by atoms with E-state index in [-0.39, 0.29) is 5.91 Å². The molecule has 26 heavy (non-hydrogen) atoms. The van der Waals surface area contributed by atoms with E-state index in [4.69, 9.17) is 4.74 Å². The summed E-state index contributed by atoms with van der Waals surface area (Å²) < 4.78 is 5.32. The van der Waals surface area contributed by atoms with Crippen LogP contribution in [0.25, 0.3) is 0 Å². The van der Waals surface area contributed by atoms with Gasteiger partial charge in [-0.15, -0.1) is 0 Å². The second-order valence-corrected chi connectivity index (χ2v) is 7.91. The van der Waals surface area contributed by atoms with Crippen molar-refractivity contribution in [2.75, 3.05) is 44.7 Å². The Labute approximate surface area is 157 Å². The number of carbonyl (C=O) groups is 1. The molecule has 3 rings (SSSR count). The van der Waals surface area contributed by atoms with Gasteiger partial charge in [-0.1, -0.05) is 32.8 Å². The highest BCUT2D eigenvalue weighted by molar-refractivity contribution is 5.78. The van der Waals surface area contributed by atoms with Gasteiger partial charge in [-0.25, -0.2) is 0 Å². The van der Waals surface area contributed by atoms with Gasteiger partial charge >= 0.3 is 0 Å². The lowest BCUT2D eigenvalue weighted by Gasteiger charge is -2.37. The number of methoxy groups -OCH3 is 1. The third-order valence-electron chi connectivity index (χ3n) is 6.21. The fraction of sp³-hybridized carbons (Fsp3) is 0.667. The summed E-state index contributed by atoms with van der Waals surface area (Å²) in [5.74, 6) is 2.36. The zero-order valence-electron chi connectivity index (χ0n) is 16.4. The number of rotatable bonds is 5. The van der Waals surface area contributed by atoms with Crippen molar-refractivity contribution < 1.29 is 9.53 Å². The molecule has 1 aromatic rings. The number of carbonyl (C=O) groups excluding carboxylic acids is 1. The average molecular weight is 360 g/mol. The van der Waals surface area contributed by atoms with Crippen LogP contribution in [0.1, 0.15) is 33.1 Å². The summed E-state index contributed by atoms with van der Waals surface area (Å²) in [6, 6.07) is 8.55. The van der Waals surface area contributed by atoms with Gasteiger partial charge in [0.2, 0.25) is 5.91 Å². The van der Waals surface area contributed by atoms with E-state index in [9.17, 15) is 4.79 Å². The Morgan fingerprint density at radius 2 is 1.96 bits per heavy atom. The number of benzene rings is 1. The van der Waals surface area contributed by atoms with Crippen LogP contribution in [0.5, 0.6) is 5.75 Å². The number of hydrogen-bond acceptors (Lipinski definition) is 4. The molecule has 3 atom stereocenters. The molecule has 0 spiro atoms. The van der Waals surface area contributed by atoms with Crippen molar-refractivity contribution in [2.45, 2.75) is 39.2 Å². The van der Waals surface area contributed by atoms with Crippen molar-refractivity contribution in [1.29, 1.82) is 0 Å². The van der Waals surface area contributed by atoms with Crippen molar-refractivity contribution in [3.63, 3.8) is 0 Å². The Balaban J connectivity index is 1.45. The van der Waals surface area contributed by atoms with Gasteiger partial charge < -0.3 is 15.0 Å². The minimum atomic E-state index is 0.186. The molecule has 1 heterocycles. The van der Waals surface area contributed by atoms with Crippen LogP contribution in [0.3, 0.4) is 0 Å².